The highest BCUT2D eigenvalue weighted by Gasteiger charge is 2.21. The number of nitrogens with zero attached hydrogens (tertiary/aromatic N) is 6. The van der Waals surface area contributed by atoms with E-state index < -0.39 is 18.2 Å². The number of carbonyl (C=O) groups is 2. The van der Waals surface area contributed by atoms with Gasteiger partial charge in [0, 0.05) is 26.2 Å². The van der Waals surface area contributed by atoms with Gasteiger partial charge in [0.25, 0.3) is 0 Å². The Morgan fingerprint density at radius 2 is 0.870 bits per heavy atom. The standard InChI is InChI=1S/C15H18N6O2/c16-5-1-9-20(10-2-6-17)14(22)13-15(23)21(11-3-7-18)12-4-8-19/h1-4,9-13H2. The minimum Gasteiger partial charge on any atom is -0.340 e. The highest BCUT2D eigenvalue weighted by Crippen LogP contribution is 2.04. The molecule has 0 aliphatic carbocycles. The maximum Gasteiger partial charge on any atom is 0.232 e. The van der Waals surface area contributed by atoms with Crippen molar-refractivity contribution in [1.82, 2.24) is 9.80 Å². The predicted molar refractivity (Wildman–Crippen MR) is 78.7 cm³/mol. The number of amides is 2. The second kappa shape index (κ2) is 12.6. The van der Waals surface area contributed by atoms with E-state index in [0.717, 1.165) is 0 Å². The summed E-state index contributed by atoms with van der Waals surface area (Å²) in [6.45, 7) is 0.669. The van der Waals surface area contributed by atoms with Gasteiger partial charge in [-0.25, -0.2) is 0 Å². The lowest BCUT2D eigenvalue weighted by Crippen LogP contribution is -2.39. The molecule has 0 saturated heterocycles. The van der Waals surface area contributed by atoms with Crippen LogP contribution in [0.15, 0.2) is 0 Å². The van der Waals surface area contributed by atoms with Crippen molar-refractivity contribution in [3.63, 3.8) is 0 Å². The first-order valence-electron chi connectivity index (χ1n) is 7.14. The summed E-state index contributed by atoms with van der Waals surface area (Å²) >= 11 is 0. The lowest BCUT2D eigenvalue weighted by atomic mass is 10.2. The van der Waals surface area contributed by atoms with Gasteiger partial charge in [-0.15, -0.1) is 0 Å². The topological polar surface area (TPSA) is 136 Å². The Balaban J connectivity index is 4.73. The molecule has 0 aromatic heterocycles. The lowest BCUT2D eigenvalue weighted by molar-refractivity contribution is -0.140. The van der Waals surface area contributed by atoms with Gasteiger partial charge >= 0.3 is 0 Å². The molecule has 0 aliphatic rings. The van der Waals surface area contributed by atoms with Crippen LogP contribution in [0.25, 0.3) is 0 Å². The Labute approximate surface area is 135 Å². The van der Waals surface area contributed by atoms with Crippen LogP contribution in [0.1, 0.15) is 32.1 Å². The summed E-state index contributed by atoms with van der Waals surface area (Å²) in [7, 11) is 0. The van der Waals surface area contributed by atoms with Gasteiger partial charge < -0.3 is 9.80 Å². The molecule has 0 aromatic rings. The normalized spacial score (nSPS) is 8.87. The van der Waals surface area contributed by atoms with Crippen LogP contribution in [0.5, 0.6) is 0 Å². The molecule has 0 aliphatic heterocycles. The molecule has 0 N–H and O–H groups in total. The Bertz CT molecular complexity index is 474. The average Bonchev–Trinajstić information content (AvgIpc) is 2.54. The fourth-order valence-corrected chi connectivity index (χ4v) is 1.82. The summed E-state index contributed by atoms with van der Waals surface area (Å²) in [6.07, 6.45) is 0.0967. The molecule has 0 atom stereocenters. The first-order chi connectivity index (χ1) is 11.1. The third kappa shape index (κ3) is 8.71. The molecule has 0 fully saturated rings. The number of carbonyl (C=O) groups excluding carboxylic acids is 2. The van der Waals surface area contributed by atoms with Crippen LogP contribution in [0.2, 0.25) is 0 Å². The smallest absolute Gasteiger partial charge is 0.232 e. The third-order valence-electron chi connectivity index (χ3n) is 2.98. The third-order valence-corrected chi connectivity index (χ3v) is 2.98. The van der Waals surface area contributed by atoms with Gasteiger partial charge in [-0.05, 0) is 0 Å². The quantitative estimate of drug-likeness (QED) is 0.544. The molecular formula is C15H18N6O2. The van der Waals surface area contributed by atoms with Gasteiger partial charge in [0.2, 0.25) is 11.8 Å². The number of hydrogen-bond donors (Lipinski definition) is 0. The van der Waals surface area contributed by atoms with Crippen LogP contribution in [0.3, 0.4) is 0 Å². The van der Waals surface area contributed by atoms with E-state index in [2.05, 4.69) is 0 Å². The molecule has 8 heteroatoms. The zero-order chi connectivity index (χ0) is 17.5. The van der Waals surface area contributed by atoms with E-state index >= 15 is 0 Å². The summed E-state index contributed by atoms with van der Waals surface area (Å²) in [5.74, 6) is -0.918. The van der Waals surface area contributed by atoms with Gasteiger partial charge in [0.1, 0.15) is 6.42 Å². The predicted octanol–water partition coefficient (Wildman–Crippen LogP) is 0.688. The van der Waals surface area contributed by atoms with Gasteiger partial charge in [0.15, 0.2) is 0 Å². The van der Waals surface area contributed by atoms with E-state index in [1.165, 1.54) is 9.80 Å². The van der Waals surface area contributed by atoms with Crippen LogP contribution in [0.4, 0.5) is 0 Å². The first kappa shape index (κ1) is 19.9. The minimum atomic E-state index is -0.459. The van der Waals surface area contributed by atoms with Crippen molar-refractivity contribution in [2.24, 2.45) is 0 Å². The number of rotatable bonds is 10. The Kier molecular flexibility index (Phi) is 10.9. The van der Waals surface area contributed by atoms with Crippen LogP contribution < -0.4 is 0 Å². The molecule has 0 rings (SSSR count). The van der Waals surface area contributed by atoms with Crippen molar-refractivity contribution in [2.75, 3.05) is 26.2 Å². The maximum absolute atomic E-state index is 12.1. The minimum absolute atomic E-state index is 0.123. The molecular weight excluding hydrogens is 296 g/mol. The van der Waals surface area contributed by atoms with Crippen LogP contribution in [-0.4, -0.2) is 47.8 Å². The summed E-state index contributed by atoms with van der Waals surface area (Å²) in [6, 6.07) is 7.67. The van der Waals surface area contributed by atoms with Gasteiger partial charge in [-0.3, -0.25) is 9.59 Å². The monoisotopic (exact) mass is 314 g/mol. The van der Waals surface area contributed by atoms with E-state index in [0.29, 0.717) is 0 Å². The average molecular weight is 314 g/mol. The van der Waals surface area contributed by atoms with E-state index in [1.807, 2.05) is 24.3 Å². The highest BCUT2D eigenvalue weighted by atomic mass is 16.2. The summed E-state index contributed by atoms with van der Waals surface area (Å²) in [4.78, 5) is 26.9. The maximum atomic E-state index is 12.1. The first-order valence-corrected chi connectivity index (χ1v) is 7.14. The summed E-state index contributed by atoms with van der Waals surface area (Å²) < 4.78 is 0. The van der Waals surface area contributed by atoms with Crippen molar-refractivity contribution in [2.45, 2.75) is 32.1 Å². The van der Waals surface area contributed by atoms with Crippen molar-refractivity contribution in [1.29, 1.82) is 21.0 Å². The summed E-state index contributed by atoms with van der Waals surface area (Å²) in [5.41, 5.74) is 0. The number of nitriles is 4. The zero-order valence-electron chi connectivity index (χ0n) is 12.9. The lowest BCUT2D eigenvalue weighted by Gasteiger charge is -2.24. The van der Waals surface area contributed by atoms with Crippen molar-refractivity contribution in [3.8, 4) is 24.3 Å². The van der Waals surface area contributed by atoms with Crippen molar-refractivity contribution >= 4 is 11.8 Å². The summed E-state index contributed by atoms with van der Waals surface area (Å²) in [5, 5.41) is 34.4. The van der Waals surface area contributed by atoms with E-state index in [4.69, 9.17) is 21.0 Å². The molecule has 0 saturated carbocycles. The molecule has 0 aromatic carbocycles. The molecule has 120 valence electrons. The van der Waals surface area contributed by atoms with E-state index in [9.17, 15) is 9.59 Å². The second-order valence-corrected chi connectivity index (χ2v) is 4.57. The van der Waals surface area contributed by atoms with Crippen molar-refractivity contribution in [3.05, 3.63) is 0 Å². The second-order valence-electron chi connectivity index (χ2n) is 4.57. The SMILES string of the molecule is N#CCCN(CCC#N)C(=O)CC(=O)N(CCC#N)CCC#N. The van der Waals surface area contributed by atoms with Crippen LogP contribution in [-0.2, 0) is 9.59 Å². The van der Waals surface area contributed by atoms with Gasteiger partial charge in [-0.2, -0.15) is 21.0 Å². The molecule has 0 unspecified atom stereocenters. The Morgan fingerprint density at radius 3 is 1.09 bits per heavy atom. The van der Waals surface area contributed by atoms with Gasteiger partial charge in [0.05, 0.1) is 50.0 Å². The van der Waals surface area contributed by atoms with E-state index in [-0.39, 0.29) is 51.9 Å². The number of hydrogen-bond acceptors (Lipinski definition) is 6. The zero-order valence-corrected chi connectivity index (χ0v) is 12.9. The largest absolute Gasteiger partial charge is 0.340 e. The van der Waals surface area contributed by atoms with Crippen LogP contribution >= 0.6 is 0 Å². The molecule has 0 radical (unpaired) electrons. The van der Waals surface area contributed by atoms with Crippen LogP contribution in [0, 0.1) is 45.3 Å². The molecule has 8 nitrogen and oxygen atoms in total. The molecule has 2 amide bonds. The Morgan fingerprint density at radius 1 is 0.609 bits per heavy atom. The fourth-order valence-electron chi connectivity index (χ4n) is 1.82. The van der Waals surface area contributed by atoms with Gasteiger partial charge in [-0.1, -0.05) is 0 Å². The van der Waals surface area contributed by atoms with Crippen molar-refractivity contribution < 1.29 is 9.59 Å². The molecule has 0 spiro atoms. The van der Waals surface area contributed by atoms with E-state index in [1.54, 1.807) is 0 Å². The molecule has 0 heterocycles. The fraction of sp³-hybridized carbons (Fsp3) is 0.600. The highest BCUT2D eigenvalue weighted by molar-refractivity contribution is 5.96. The molecule has 23 heavy (non-hydrogen) atoms. The molecule has 0 bridgehead atoms. The Hall–Kier alpha value is -3.10.